The maximum atomic E-state index is 13.7. The molecule has 3 aromatic rings. The SMILES string of the molecule is CC(C)(C)c1nn(-c2ccc(Cl)c(F)c2)c2n[nH]c(N)c12. The smallest absolute Gasteiger partial charge is 0.186 e. The Kier molecular flexibility index (Phi) is 2.95. The summed E-state index contributed by atoms with van der Waals surface area (Å²) < 4.78 is 15.3. The highest BCUT2D eigenvalue weighted by molar-refractivity contribution is 6.30. The molecule has 110 valence electrons. The van der Waals surface area contributed by atoms with Crippen molar-refractivity contribution in [2.45, 2.75) is 26.2 Å². The molecular formula is C14H15ClFN5. The maximum Gasteiger partial charge on any atom is 0.186 e. The van der Waals surface area contributed by atoms with Gasteiger partial charge in [0.05, 0.1) is 21.8 Å². The molecule has 0 aliphatic carbocycles. The summed E-state index contributed by atoms with van der Waals surface area (Å²) in [6, 6.07) is 4.51. The van der Waals surface area contributed by atoms with E-state index in [4.69, 9.17) is 17.3 Å². The van der Waals surface area contributed by atoms with E-state index >= 15 is 0 Å². The molecule has 0 aliphatic heterocycles. The summed E-state index contributed by atoms with van der Waals surface area (Å²) in [6.45, 7) is 6.11. The van der Waals surface area contributed by atoms with Crippen LogP contribution in [0, 0.1) is 5.82 Å². The molecule has 0 aliphatic rings. The average Bonchev–Trinajstić information content (AvgIpc) is 2.94. The number of nitrogens with zero attached hydrogens (tertiary/aromatic N) is 3. The lowest BCUT2D eigenvalue weighted by Crippen LogP contribution is -2.13. The van der Waals surface area contributed by atoms with E-state index in [2.05, 4.69) is 15.3 Å². The molecule has 0 radical (unpaired) electrons. The Morgan fingerprint density at radius 2 is 2.05 bits per heavy atom. The van der Waals surface area contributed by atoms with Crippen LogP contribution in [0.3, 0.4) is 0 Å². The summed E-state index contributed by atoms with van der Waals surface area (Å²) in [5, 5.41) is 12.3. The van der Waals surface area contributed by atoms with E-state index in [1.54, 1.807) is 10.7 Å². The number of aromatic amines is 1. The lowest BCUT2D eigenvalue weighted by Gasteiger charge is -2.15. The molecule has 1 aromatic carbocycles. The minimum absolute atomic E-state index is 0.0692. The third-order valence-electron chi connectivity index (χ3n) is 3.27. The third kappa shape index (κ3) is 2.15. The minimum atomic E-state index is -0.501. The van der Waals surface area contributed by atoms with Gasteiger partial charge >= 0.3 is 0 Å². The zero-order chi connectivity index (χ0) is 15.4. The lowest BCUT2D eigenvalue weighted by molar-refractivity contribution is 0.564. The van der Waals surface area contributed by atoms with Gasteiger partial charge in [0.2, 0.25) is 0 Å². The van der Waals surface area contributed by atoms with Crippen LogP contribution in [0.4, 0.5) is 10.2 Å². The number of fused-ring (bicyclic) bond motifs is 1. The van der Waals surface area contributed by atoms with Crippen molar-refractivity contribution in [1.82, 2.24) is 20.0 Å². The zero-order valence-electron chi connectivity index (χ0n) is 11.9. The number of rotatable bonds is 1. The van der Waals surface area contributed by atoms with Gasteiger partial charge in [-0.05, 0) is 12.1 Å². The Morgan fingerprint density at radius 3 is 2.67 bits per heavy atom. The fraction of sp³-hybridized carbons (Fsp3) is 0.286. The van der Waals surface area contributed by atoms with Crippen LogP contribution >= 0.6 is 11.6 Å². The molecule has 2 aromatic heterocycles. The van der Waals surface area contributed by atoms with Crippen molar-refractivity contribution in [3.8, 4) is 5.69 Å². The van der Waals surface area contributed by atoms with Crippen molar-refractivity contribution in [3.63, 3.8) is 0 Å². The summed E-state index contributed by atoms with van der Waals surface area (Å²) in [6.07, 6.45) is 0. The first-order valence-corrected chi connectivity index (χ1v) is 6.85. The van der Waals surface area contributed by atoms with Gasteiger partial charge in [-0.25, -0.2) is 9.07 Å². The molecule has 3 N–H and O–H groups in total. The number of hydrogen-bond acceptors (Lipinski definition) is 3. The number of anilines is 1. The second kappa shape index (κ2) is 4.46. The Balaban J connectivity index is 2.31. The molecule has 7 heteroatoms. The van der Waals surface area contributed by atoms with Crippen LogP contribution in [0.1, 0.15) is 26.5 Å². The van der Waals surface area contributed by atoms with Gasteiger partial charge in [0.25, 0.3) is 0 Å². The Hall–Kier alpha value is -2.08. The number of nitrogens with one attached hydrogen (secondary N) is 1. The highest BCUT2D eigenvalue weighted by atomic mass is 35.5. The lowest BCUT2D eigenvalue weighted by atomic mass is 9.91. The van der Waals surface area contributed by atoms with Gasteiger partial charge in [0, 0.05) is 11.5 Å². The van der Waals surface area contributed by atoms with E-state index in [-0.39, 0.29) is 10.4 Å². The summed E-state index contributed by atoms with van der Waals surface area (Å²) in [5.41, 5.74) is 7.66. The van der Waals surface area contributed by atoms with E-state index in [9.17, 15) is 4.39 Å². The normalized spacial score (nSPS) is 12.2. The molecule has 0 fully saturated rings. The van der Waals surface area contributed by atoms with Gasteiger partial charge in [0.1, 0.15) is 11.6 Å². The first-order chi connectivity index (χ1) is 9.79. The molecule has 0 bridgehead atoms. The van der Waals surface area contributed by atoms with Crippen LogP contribution < -0.4 is 5.73 Å². The van der Waals surface area contributed by atoms with Crippen molar-refractivity contribution in [3.05, 3.63) is 34.7 Å². The number of halogens is 2. The standard InChI is InChI=1S/C14H15ClFN5/c1-14(2,3)11-10-12(17)18-19-13(10)21(20-11)7-4-5-8(15)9(16)6-7/h4-6H,1-3H3,(H3,17,18,19). The van der Waals surface area contributed by atoms with Crippen molar-refractivity contribution in [2.75, 3.05) is 5.73 Å². The molecule has 0 saturated heterocycles. The Labute approximate surface area is 125 Å². The van der Waals surface area contributed by atoms with E-state index in [0.717, 1.165) is 11.1 Å². The molecule has 0 spiro atoms. The highest BCUT2D eigenvalue weighted by Gasteiger charge is 2.26. The number of hydrogen-bond donors (Lipinski definition) is 2. The largest absolute Gasteiger partial charge is 0.383 e. The minimum Gasteiger partial charge on any atom is -0.383 e. The molecule has 0 atom stereocenters. The first-order valence-electron chi connectivity index (χ1n) is 6.47. The van der Waals surface area contributed by atoms with Crippen LogP contribution in [-0.4, -0.2) is 20.0 Å². The van der Waals surface area contributed by atoms with Gasteiger partial charge in [-0.3, -0.25) is 5.10 Å². The molecule has 0 amide bonds. The zero-order valence-corrected chi connectivity index (χ0v) is 12.7. The summed E-state index contributed by atoms with van der Waals surface area (Å²) in [5.74, 6) is -0.0470. The van der Waals surface area contributed by atoms with Gasteiger partial charge < -0.3 is 5.73 Å². The van der Waals surface area contributed by atoms with E-state index in [0.29, 0.717) is 17.2 Å². The number of H-pyrrole nitrogens is 1. The van der Waals surface area contributed by atoms with Gasteiger partial charge in [-0.2, -0.15) is 10.2 Å². The molecule has 3 rings (SSSR count). The topological polar surface area (TPSA) is 72.5 Å². The quantitative estimate of drug-likeness (QED) is 0.723. The van der Waals surface area contributed by atoms with Crippen molar-refractivity contribution < 1.29 is 4.39 Å². The summed E-state index contributed by atoms with van der Waals surface area (Å²) in [4.78, 5) is 0. The monoisotopic (exact) mass is 307 g/mol. The predicted octanol–water partition coefficient (Wildman–Crippen LogP) is 3.42. The number of aromatic nitrogens is 4. The maximum absolute atomic E-state index is 13.7. The van der Waals surface area contributed by atoms with E-state index in [1.165, 1.54) is 12.1 Å². The summed E-state index contributed by atoms with van der Waals surface area (Å²) >= 11 is 5.72. The molecule has 0 saturated carbocycles. The first kappa shape index (κ1) is 13.9. The number of nitrogens with two attached hydrogens (primary N) is 1. The van der Waals surface area contributed by atoms with Crippen LogP contribution in [0.2, 0.25) is 5.02 Å². The second-order valence-electron chi connectivity index (χ2n) is 5.94. The van der Waals surface area contributed by atoms with Crippen LogP contribution in [0.15, 0.2) is 18.2 Å². The number of nitrogen functional groups attached to an aromatic ring is 1. The number of benzene rings is 1. The van der Waals surface area contributed by atoms with Gasteiger partial charge in [-0.1, -0.05) is 32.4 Å². The Bertz CT molecular complexity index is 828. The summed E-state index contributed by atoms with van der Waals surface area (Å²) in [7, 11) is 0. The van der Waals surface area contributed by atoms with Crippen molar-refractivity contribution in [2.24, 2.45) is 0 Å². The van der Waals surface area contributed by atoms with Gasteiger partial charge in [0.15, 0.2) is 5.65 Å². The fourth-order valence-electron chi connectivity index (χ4n) is 2.25. The highest BCUT2D eigenvalue weighted by Crippen LogP contribution is 2.33. The van der Waals surface area contributed by atoms with Crippen molar-refractivity contribution >= 4 is 28.5 Å². The van der Waals surface area contributed by atoms with Crippen LogP contribution in [0.25, 0.3) is 16.7 Å². The average molecular weight is 308 g/mol. The van der Waals surface area contributed by atoms with Gasteiger partial charge in [-0.15, -0.1) is 0 Å². The third-order valence-corrected chi connectivity index (χ3v) is 3.58. The van der Waals surface area contributed by atoms with Crippen molar-refractivity contribution in [1.29, 1.82) is 0 Å². The second-order valence-corrected chi connectivity index (χ2v) is 6.35. The molecule has 5 nitrogen and oxygen atoms in total. The fourth-order valence-corrected chi connectivity index (χ4v) is 2.37. The van der Waals surface area contributed by atoms with Crippen LogP contribution in [-0.2, 0) is 5.41 Å². The van der Waals surface area contributed by atoms with E-state index < -0.39 is 5.82 Å². The molecule has 21 heavy (non-hydrogen) atoms. The Morgan fingerprint density at radius 1 is 1.33 bits per heavy atom. The van der Waals surface area contributed by atoms with E-state index in [1.807, 2.05) is 20.8 Å². The van der Waals surface area contributed by atoms with Crippen LogP contribution in [0.5, 0.6) is 0 Å². The predicted molar refractivity (Wildman–Crippen MR) is 81.3 cm³/mol. The molecular weight excluding hydrogens is 293 g/mol. The molecule has 0 unspecified atom stereocenters. The molecule has 2 heterocycles.